The highest BCUT2D eigenvalue weighted by molar-refractivity contribution is 7.89. The summed E-state index contributed by atoms with van der Waals surface area (Å²) in [5, 5.41) is 0. The Hall–Kier alpha value is -0.980. The number of ether oxygens (including phenoxy) is 1. The predicted octanol–water partition coefficient (Wildman–Crippen LogP) is 2.41. The highest BCUT2D eigenvalue weighted by Crippen LogP contribution is 2.19. The summed E-state index contributed by atoms with van der Waals surface area (Å²) in [7, 11) is -2.00. The quantitative estimate of drug-likeness (QED) is 0.839. The van der Waals surface area contributed by atoms with Crippen LogP contribution in [-0.2, 0) is 14.8 Å². The maximum atomic E-state index is 12.8. The first-order valence-electron chi connectivity index (χ1n) is 6.83. The maximum absolute atomic E-state index is 12.8. The smallest absolute Gasteiger partial charge is 0.242 e. The van der Waals surface area contributed by atoms with Crippen LogP contribution < -0.4 is 0 Å². The SMILES string of the molecule is CN(CCC1CCCCO1)S(=O)(=O)c1ccc(F)cc1. The number of nitrogens with zero attached hydrogens (tertiary/aromatic N) is 1. The molecular weight excluding hydrogens is 281 g/mol. The topological polar surface area (TPSA) is 46.6 Å². The molecule has 2 rings (SSSR count). The summed E-state index contributed by atoms with van der Waals surface area (Å²) in [6, 6.07) is 4.90. The highest BCUT2D eigenvalue weighted by Gasteiger charge is 2.22. The number of benzene rings is 1. The molecule has 1 unspecified atom stereocenters. The minimum Gasteiger partial charge on any atom is -0.378 e. The molecule has 0 amide bonds. The second kappa shape index (κ2) is 6.65. The summed E-state index contributed by atoms with van der Waals surface area (Å²) in [5.74, 6) is -0.442. The van der Waals surface area contributed by atoms with Crippen LogP contribution in [0.5, 0.6) is 0 Å². The van der Waals surface area contributed by atoms with Crippen LogP contribution in [0, 0.1) is 5.82 Å². The van der Waals surface area contributed by atoms with Crippen molar-refractivity contribution in [2.45, 2.75) is 36.7 Å². The summed E-state index contributed by atoms with van der Waals surface area (Å²) >= 11 is 0. The van der Waals surface area contributed by atoms with Crippen molar-refractivity contribution in [3.05, 3.63) is 30.1 Å². The zero-order valence-electron chi connectivity index (χ0n) is 11.6. The van der Waals surface area contributed by atoms with E-state index in [1.54, 1.807) is 7.05 Å². The first-order chi connectivity index (χ1) is 9.50. The Morgan fingerprint density at radius 1 is 1.30 bits per heavy atom. The fourth-order valence-corrected chi connectivity index (χ4v) is 3.45. The van der Waals surface area contributed by atoms with Gasteiger partial charge in [-0.15, -0.1) is 0 Å². The van der Waals surface area contributed by atoms with E-state index in [1.807, 2.05) is 0 Å². The lowest BCUT2D eigenvalue weighted by Gasteiger charge is -2.25. The molecule has 0 aromatic heterocycles. The van der Waals surface area contributed by atoms with Gasteiger partial charge in [0.2, 0.25) is 10.0 Å². The van der Waals surface area contributed by atoms with Crippen molar-refractivity contribution >= 4 is 10.0 Å². The monoisotopic (exact) mass is 301 g/mol. The van der Waals surface area contributed by atoms with Crippen molar-refractivity contribution in [2.75, 3.05) is 20.2 Å². The first-order valence-corrected chi connectivity index (χ1v) is 8.27. The predicted molar refractivity (Wildman–Crippen MR) is 74.4 cm³/mol. The summed E-state index contributed by atoms with van der Waals surface area (Å²) in [6.45, 7) is 1.17. The van der Waals surface area contributed by atoms with Crippen molar-refractivity contribution in [1.82, 2.24) is 4.31 Å². The van der Waals surface area contributed by atoms with Crippen LogP contribution in [0.2, 0.25) is 0 Å². The van der Waals surface area contributed by atoms with E-state index in [0.29, 0.717) is 13.0 Å². The molecule has 0 aliphatic carbocycles. The van der Waals surface area contributed by atoms with E-state index in [9.17, 15) is 12.8 Å². The minimum absolute atomic E-state index is 0.117. The molecule has 0 saturated carbocycles. The van der Waals surface area contributed by atoms with Gasteiger partial charge in [-0.05, 0) is 49.9 Å². The Labute approximate surface area is 119 Å². The number of rotatable bonds is 5. The normalized spacial score (nSPS) is 20.2. The molecule has 6 heteroatoms. The second-order valence-corrected chi connectivity index (χ2v) is 7.10. The molecule has 1 fully saturated rings. The Morgan fingerprint density at radius 3 is 2.60 bits per heavy atom. The van der Waals surface area contributed by atoms with E-state index < -0.39 is 15.8 Å². The Balaban J connectivity index is 1.96. The molecule has 1 aliphatic rings. The third-order valence-electron chi connectivity index (χ3n) is 3.56. The van der Waals surface area contributed by atoms with Crippen LogP contribution >= 0.6 is 0 Å². The van der Waals surface area contributed by atoms with E-state index in [4.69, 9.17) is 4.74 Å². The van der Waals surface area contributed by atoms with Crippen LogP contribution in [0.4, 0.5) is 4.39 Å². The summed E-state index contributed by atoms with van der Waals surface area (Å²) < 4.78 is 44.3. The molecular formula is C14H20FNO3S. The summed E-state index contributed by atoms with van der Waals surface area (Å²) in [6.07, 6.45) is 4.05. The maximum Gasteiger partial charge on any atom is 0.242 e. The molecule has 112 valence electrons. The Bertz CT molecular complexity index is 524. The van der Waals surface area contributed by atoms with E-state index in [1.165, 1.54) is 16.4 Å². The van der Waals surface area contributed by atoms with Gasteiger partial charge < -0.3 is 4.74 Å². The van der Waals surface area contributed by atoms with Crippen molar-refractivity contribution < 1.29 is 17.5 Å². The molecule has 0 radical (unpaired) electrons. The Kier molecular flexibility index (Phi) is 5.12. The molecule has 1 aromatic rings. The van der Waals surface area contributed by atoms with Gasteiger partial charge in [0.25, 0.3) is 0 Å². The lowest BCUT2D eigenvalue weighted by atomic mass is 10.1. The van der Waals surface area contributed by atoms with Crippen LogP contribution in [0.1, 0.15) is 25.7 Å². The van der Waals surface area contributed by atoms with Gasteiger partial charge in [-0.2, -0.15) is 0 Å². The second-order valence-electron chi connectivity index (χ2n) is 5.06. The van der Waals surface area contributed by atoms with Crippen LogP contribution in [0.15, 0.2) is 29.2 Å². The van der Waals surface area contributed by atoms with E-state index >= 15 is 0 Å². The van der Waals surface area contributed by atoms with Crippen LogP contribution in [0.25, 0.3) is 0 Å². The summed E-state index contributed by atoms with van der Waals surface area (Å²) in [4.78, 5) is 0.117. The fourth-order valence-electron chi connectivity index (χ4n) is 2.27. The van der Waals surface area contributed by atoms with Gasteiger partial charge in [0.05, 0.1) is 11.0 Å². The van der Waals surface area contributed by atoms with E-state index in [2.05, 4.69) is 0 Å². The molecule has 1 heterocycles. The molecule has 0 bridgehead atoms. The highest BCUT2D eigenvalue weighted by atomic mass is 32.2. The largest absolute Gasteiger partial charge is 0.378 e. The number of hydrogen-bond acceptors (Lipinski definition) is 3. The molecule has 1 aromatic carbocycles. The first kappa shape index (κ1) is 15.4. The molecule has 0 spiro atoms. The number of halogens is 1. The average Bonchev–Trinajstić information content (AvgIpc) is 2.46. The molecule has 1 atom stereocenters. The third kappa shape index (κ3) is 3.77. The van der Waals surface area contributed by atoms with Crippen LogP contribution in [-0.4, -0.2) is 39.0 Å². The standard InChI is InChI=1S/C14H20FNO3S/c1-16(10-9-13-4-2-3-11-19-13)20(17,18)14-7-5-12(15)6-8-14/h5-8,13H,2-4,9-11H2,1H3. The van der Waals surface area contributed by atoms with Gasteiger partial charge in [0.1, 0.15) is 5.82 Å². The van der Waals surface area contributed by atoms with E-state index in [0.717, 1.165) is 38.0 Å². The van der Waals surface area contributed by atoms with Gasteiger partial charge in [-0.3, -0.25) is 0 Å². The van der Waals surface area contributed by atoms with Gasteiger partial charge >= 0.3 is 0 Å². The van der Waals surface area contributed by atoms with Gasteiger partial charge in [0.15, 0.2) is 0 Å². The number of hydrogen-bond donors (Lipinski definition) is 0. The molecule has 4 nitrogen and oxygen atoms in total. The summed E-state index contributed by atoms with van der Waals surface area (Å²) in [5.41, 5.74) is 0. The molecule has 1 saturated heterocycles. The zero-order valence-corrected chi connectivity index (χ0v) is 12.4. The lowest BCUT2D eigenvalue weighted by molar-refractivity contribution is 0.00950. The van der Waals surface area contributed by atoms with Gasteiger partial charge in [-0.25, -0.2) is 17.1 Å². The van der Waals surface area contributed by atoms with Crippen molar-refractivity contribution in [2.24, 2.45) is 0 Å². The van der Waals surface area contributed by atoms with Crippen molar-refractivity contribution in [3.8, 4) is 0 Å². The average molecular weight is 301 g/mol. The van der Waals surface area contributed by atoms with Crippen molar-refractivity contribution in [1.29, 1.82) is 0 Å². The third-order valence-corrected chi connectivity index (χ3v) is 5.43. The lowest BCUT2D eigenvalue weighted by Crippen LogP contribution is -2.31. The molecule has 0 N–H and O–H groups in total. The minimum atomic E-state index is -3.55. The van der Waals surface area contributed by atoms with Gasteiger partial charge in [-0.1, -0.05) is 0 Å². The Morgan fingerprint density at radius 2 is 2.00 bits per heavy atom. The van der Waals surface area contributed by atoms with E-state index in [-0.39, 0.29) is 11.0 Å². The molecule has 20 heavy (non-hydrogen) atoms. The zero-order chi connectivity index (χ0) is 14.6. The van der Waals surface area contributed by atoms with Gasteiger partial charge in [0, 0.05) is 20.2 Å². The molecule has 1 aliphatic heterocycles. The van der Waals surface area contributed by atoms with Crippen molar-refractivity contribution in [3.63, 3.8) is 0 Å². The fraction of sp³-hybridized carbons (Fsp3) is 0.571. The van der Waals surface area contributed by atoms with Crippen LogP contribution in [0.3, 0.4) is 0 Å². The number of sulfonamides is 1.